The summed E-state index contributed by atoms with van der Waals surface area (Å²) >= 11 is 0. The third-order valence-corrected chi connectivity index (χ3v) is 8.94. The lowest BCUT2D eigenvalue weighted by atomic mass is 9.81. The number of unbranched alkanes of at least 4 members (excludes halogenated alkanes) is 1. The molecule has 6 unspecified atom stereocenters. The SMILES string of the molecule is CC(C)CC(N)C(=O)c1c(CC(C(=O)O)N(C(=O)C(N)Cc2ccccc2)C(=O)C(N)C(C)C)ccc(C(=O)C(C)N)c1C(=O)C(N)CCCCN. The topological polar surface area (TPSA) is 282 Å². The van der Waals surface area contributed by atoms with Gasteiger partial charge < -0.3 is 39.5 Å². The summed E-state index contributed by atoms with van der Waals surface area (Å²) in [5.41, 5.74) is 36.7. The predicted octanol–water partition coefficient (Wildman–Crippen LogP) is 1.32. The van der Waals surface area contributed by atoms with Crippen LogP contribution in [0.5, 0.6) is 0 Å². The molecule has 2 amide bonds. The molecule has 6 atom stereocenters. The fraction of sp³-hybridized carbons (Fsp3) is 0.526. The summed E-state index contributed by atoms with van der Waals surface area (Å²) in [7, 11) is 0. The van der Waals surface area contributed by atoms with E-state index in [2.05, 4.69) is 0 Å². The Kier molecular flexibility index (Phi) is 17.1. The van der Waals surface area contributed by atoms with Crippen LogP contribution in [-0.2, 0) is 27.2 Å². The number of carbonyl (C=O) groups is 6. The maximum absolute atomic E-state index is 14.3. The minimum atomic E-state index is -1.93. The number of amides is 2. The van der Waals surface area contributed by atoms with E-state index in [-0.39, 0.29) is 47.4 Å². The van der Waals surface area contributed by atoms with E-state index in [0.29, 0.717) is 29.8 Å². The van der Waals surface area contributed by atoms with Crippen LogP contribution in [0.2, 0.25) is 0 Å². The Bertz CT molecular complexity index is 1580. The first-order chi connectivity index (χ1) is 24.3. The zero-order chi connectivity index (χ0) is 39.4. The van der Waals surface area contributed by atoms with Gasteiger partial charge in [0.2, 0.25) is 11.8 Å². The zero-order valence-electron chi connectivity index (χ0n) is 30.9. The van der Waals surface area contributed by atoms with Gasteiger partial charge >= 0.3 is 5.97 Å². The van der Waals surface area contributed by atoms with Gasteiger partial charge in [0.25, 0.3) is 0 Å². The van der Waals surface area contributed by atoms with Crippen molar-refractivity contribution in [3.63, 3.8) is 0 Å². The number of carboxylic acids is 1. The van der Waals surface area contributed by atoms with Crippen molar-refractivity contribution in [3.8, 4) is 0 Å². The number of carboxylic acid groups (broad SMARTS) is 1. The zero-order valence-corrected chi connectivity index (χ0v) is 30.9. The van der Waals surface area contributed by atoms with Crippen LogP contribution in [0, 0.1) is 11.8 Å². The van der Waals surface area contributed by atoms with Crippen LogP contribution in [0.4, 0.5) is 0 Å². The van der Waals surface area contributed by atoms with Gasteiger partial charge in [-0.25, -0.2) is 4.79 Å². The van der Waals surface area contributed by atoms with Crippen LogP contribution >= 0.6 is 0 Å². The number of ketones is 3. The third-order valence-electron chi connectivity index (χ3n) is 8.94. The molecule has 14 nitrogen and oxygen atoms in total. The summed E-state index contributed by atoms with van der Waals surface area (Å²) in [6.45, 7) is 8.75. The molecule has 0 radical (unpaired) electrons. The Balaban J connectivity index is 2.92. The fourth-order valence-corrected chi connectivity index (χ4v) is 5.92. The highest BCUT2D eigenvalue weighted by Crippen LogP contribution is 2.28. The van der Waals surface area contributed by atoms with Gasteiger partial charge in [-0.2, -0.15) is 0 Å². The number of rotatable bonds is 21. The molecule has 0 aliphatic heterocycles. The van der Waals surface area contributed by atoms with Crippen molar-refractivity contribution in [1.82, 2.24) is 4.90 Å². The molecule has 0 heterocycles. The van der Waals surface area contributed by atoms with Crippen molar-refractivity contribution in [2.75, 3.05) is 6.54 Å². The second-order valence-electron chi connectivity index (χ2n) is 14.2. The molecule has 2 aromatic rings. The number of aliphatic carboxylic acids is 1. The monoisotopic (exact) mass is 723 g/mol. The Hall–Kier alpha value is -4.18. The van der Waals surface area contributed by atoms with Gasteiger partial charge in [0, 0.05) is 23.1 Å². The smallest absolute Gasteiger partial charge is 0.327 e. The van der Waals surface area contributed by atoms with E-state index in [4.69, 9.17) is 34.4 Å². The molecular formula is C38H57N7O7. The van der Waals surface area contributed by atoms with Crippen LogP contribution in [0.15, 0.2) is 42.5 Å². The third kappa shape index (κ3) is 11.4. The van der Waals surface area contributed by atoms with Crippen molar-refractivity contribution in [3.05, 3.63) is 70.3 Å². The summed E-state index contributed by atoms with van der Waals surface area (Å²) in [4.78, 5) is 83.6. The highest BCUT2D eigenvalue weighted by atomic mass is 16.4. The van der Waals surface area contributed by atoms with E-state index in [1.165, 1.54) is 19.1 Å². The van der Waals surface area contributed by atoms with Crippen molar-refractivity contribution < 1.29 is 33.9 Å². The normalized spacial score (nSPS) is 15.0. The van der Waals surface area contributed by atoms with Gasteiger partial charge in [0.15, 0.2) is 17.3 Å². The van der Waals surface area contributed by atoms with Gasteiger partial charge in [0.05, 0.1) is 30.2 Å². The highest BCUT2D eigenvalue weighted by Gasteiger charge is 2.42. The van der Waals surface area contributed by atoms with Crippen molar-refractivity contribution >= 4 is 35.1 Å². The first kappa shape index (κ1) is 44.0. The van der Waals surface area contributed by atoms with Crippen LogP contribution in [0.25, 0.3) is 0 Å². The van der Waals surface area contributed by atoms with Crippen molar-refractivity contribution in [2.24, 2.45) is 46.2 Å². The fourth-order valence-electron chi connectivity index (χ4n) is 5.92. The number of carbonyl (C=O) groups excluding carboxylic acids is 5. The molecular weight excluding hydrogens is 666 g/mol. The second-order valence-corrected chi connectivity index (χ2v) is 14.2. The highest BCUT2D eigenvalue weighted by molar-refractivity contribution is 6.19. The molecule has 0 aliphatic carbocycles. The Labute approximate surface area is 306 Å². The van der Waals surface area contributed by atoms with Gasteiger partial charge in [-0.05, 0) is 62.1 Å². The molecule has 0 spiro atoms. The summed E-state index contributed by atoms with van der Waals surface area (Å²) in [5, 5.41) is 10.6. The quantitative estimate of drug-likeness (QED) is 0.0708. The number of Topliss-reactive ketones (excluding diaryl/α,β-unsaturated/α-hetero) is 3. The van der Waals surface area contributed by atoms with Gasteiger partial charge in [-0.3, -0.25) is 28.9 Å². The Morgan fingerprint density at radius 2 is 1.29 bits per heavy atom. The number of nitrogens with zero attached hydrogens (tertiary/aromatic N) is 1. The molecule has 14 heteroatoms. The van der Waals surface area contributed by atoms with E-state index in [9.17, 15) is 33.9 Å². The summed E-state index contributed by atoms with van der Waals surface area (Å²) in [5.74, 6) is -6.29. The summed E-state index contributed by atoms with van der Waals surface area (Å²) < 4.78 is 0. The van der Waals surface area contributed by atoms with Crippen molar-refractivity contribution in [1.29, 1.82) is 0 Å². The first-order valence-electron chi connectivity index (χ1n) is 17.8. The number of hydrogen-bond donors (Lipinski definition) is 7. The maximum Gasteiger partial charge on any atom is 0.327 e. The summed E-state index contributed by atoms with van der Waals surface area (Å²) in [6.07, 6.45) is 0.744. The molecule has 2 rings (SSSR count). The number of imide groups is 1. The molecule has 2 aromatic carbocycles. The van der Waals surface area contributed by atoms with Crippen LogP contribution < -0.4 is 34.4 Å². The van der Waals surface area contributed by atoms with Gasteiger partial charge in [-0.15, -0.1) is 0 Å². The van der Waals surface area contributed by atoms with Gasteiger partial charge in [-0.1, -0.05) is 76.6 Å². The standard InChI is InChI=1S/C38H57N7O7/c1-20(2)17-27(42)35(48)30-24(14-15-25(33(46)22(5)40)31(30)34(47)26(41)13-9-10-16-39)19-29(38(51)52)45(37(50)32(44)21(3)4)36(49)28(43)18-23-11-7-6-8-12-23/h6-8,11-12,14-15,20-22,26-29,32H,9-10,13,16-19,39-44H2,1-5H3,(H,51,52). The van der Waals surface area contributed by atoms with Crippen molar-refractivity contribution in [2.45, 2.75) is 109 Å². The number of hydrogen-bond acceptors (Lipinski definition) is 12. The molecule has 52 heavy (non-hydrogen) atoms. The molecule has 0 aliphatic rings. The average Bonchev–Trinajstić information content (AvgIpc) is 3.09. The Morgan fingerprint density at radius 1 is 0.692 bits per heavy atom. The van der Waals surface area contributed by atoms with Crippen LogP contribution in [0.3, 0.4) is 0 Å². The molecule has 0 bridgehead atoms. The number of benzene rings is 2. The average molecular weight is 724 g/mol. The maximum atomic E-state index is 14.3. The molecule has 0 saturated carbocycles. The largest absolute Gasteiger partial charge is 0.480 e. The van der Waals surface area contributed by atoms with Crippen LogP contribution in [0.1, 0.15) is 103 Å². The van der Waals surface area contributed by atoms with E-state index in [1.54, 1.807) is 44.2 Å². The lowest BCUT2D eigenvalue weighted by molar-refractivity contribution is -0.159. The number of nitrogens with two attached hydrogens (primary N) is 6. The van der Waals surface area contributed by atoms with E-state index >= 15 is 0 Å². The minimum absolute atomic E-state index is 0.0186. The first-order valence-corrected chi connectivity index (χ1v) is 17.8. The van der Waals surface area contributed by atoms with E-state index in [1.807, 2.05) is 13.8 Å². The second kappa shape index (κ2) is 20.2. The molecule has 0 saturated heterocycles. The van der Waals surface area contributed by atoms with E-state index < -0.39 is 83.7 Å². The summed E-state index contributed by atoms with van der Waals surface area (Å²) in [6, 6.07) is 3.34. The molecule has 13 N–H and O–H groups in total. The van der Waals surface area contributed by atoms with Crippen LogP contribution in [-0.4, -0.2) is 87.9 Å². The Morgan fingerprint density at radius 3 is 1.81 bits per heavy atom. The lowest BCUT2D eigenvalue weighted by Crippen LogP contribution is -2.60. The van der Waals surface area contributed by atoms with Gasteiger partial charge in [0.1, 0.15) is 6.04 Å². The predicted molar refractivity (Wildman–Crippen MR) is 199 cm³/mol. The minimum Gasteiger partial charge on any atom is -0.480 e. The molecule has 0 aromatic heterocycles. The molecule has 286 valence electrons. The lowest BCUT2D eigenvalue weighted by Gasteiger charge is -2.33. The molecule has 0 fully saturated rings. The van der Waals surface area contributed by atoms with E-state index in [0.717, 1.165) is 0 Å².